The van der Waals surface area contributed by atoms with Crippen LogP contribution in [0.15, 0.2) is 24.3 Å². The number of para-hydroxylation sites is 2. The van der Waals surface area contributed by atoms with E-state index in [2.05, 4.69) is 6.07 Å². The van der Waals surface area contributed by atoms with Crippen molar-refractivity contribution >= 4 is 11.6 Å². The fourth-order valence-corrected chi connectivity index (χ4v) is 2.56. The van der Waals surface area contributed by atoms with Crippen LogP contribution in [-0.4, -0.2) is 18.1 Å². The third-order valence-electron chi connectivity index (χ3n) is 3.62. The lowest BCUT2D eigenvalue weighted by molar-refractivity contribution is -0.117. The summed E-state index contributed by atoms with van der Waals surface area (Å²) in [6, 6.07) is 9.70. The molecule has 2 rings (SSSR count). The molecular formula is C15H18N2O2. The summed E-state index contributed by atoms with van der Waals surface area (Å²) in [7, 11) is 0. The van der Waals surface area contributed by atoms with Gasteiger partial charge in [-0.3, -0.25) is 4.79 Å². The van der Waals surface area contributed by atoms with Crippen LogP contribution >= 0.6 is 0 Å². The van der Waals surface area contributed by atoms with Gasteiger partial charge in [0, 0.05) is 6.42 Å². The van der Waals surface area contributed by atoms with Crippen molar-refractivity contribution in [2.24, 2.45) is 5.92 Å². The number of amides is 1. The molecular weight excluding hydrogens is 240 g/mol. The Morgan fingerprint density at radius 2 is 2.16 bits per heavy atom. The summed E-state index contributed by atoms with van der Waals surface area (Å²) in [6.07, 6.45) is 0.268. The molecule has 4 nitrogen and oxygen atoms in total. The summed E-state index contributed by atoms with van der Waals surface area (Å²) in [5, 5.41) is 9.20. The summed E-state index contributed by atoms with van der Waals surface area (Å²) in [5.74, 6) is 0.364. The summed E-state index contributed by atoms with van der Waals surface area (Å²) in [6.45, 7) is 6.30. The number of nitrogens with zero attached hydrogens (tertiary/aromatic N) is 2. The van der Waals surface area contributed by atoms with Gasteiger partial charge in [-0.05, 0) is 32.9 Å². The van der Waals surface area contributed by atoms with Crippen molar-refractivity contribution in [1.29, 1.82) is 5.26 Å². The molecule has 0 aliphatic carbocycles. The Kier molecular flexibility index (Phi) is 3.48. The maximum absolute atomic E-state index is 12.2. The lowest BCUT2D eigenvalue weighted by atomic mass is 9.89. The average Bonchev–Trinajstić information content (AvgIpc) is 2.60. The van der Waals surface area contributed by atoms with E-state index in [4.69, 9.17) is 4.74 Å². The van der Waals surface area contributed by atoms with E-state index in [-0.39, 0.29) is 18.2 Å². The number of carbonyl (C=O) groups is 1. The van der Waals surface area contributed by atoms with E-state index in [0.29, 0.717) is 12.4 Å². The molecule has 0 spiro atoms. The van der Waals surface area contributed by atoms with Gasteiger partial charge in [-0.2, -0.15) is 5.26 Å². The Hall–Kier alpha value is -2.02. The number of hydrogen-bond donors (Lipinski definition) is 0. The summed E-state index contributed by atoms with van der Waals surface area (Å²) in [4.78, 5) is 13.9. The third kappa shape index (κ3) is 2.17. The van der Waals surface area contributed by atoms with E-state index in [1.54, 1.807) is 4.90 Å². The maximum Gasteiger partial charge on any atom is 0.229 e. The molecule has 1 saturated heterocycles. The lowest BCUT2D eigenvalue weighted by Crippen LogP contribution is -2.44. The second-order valence-electron chi connectivity index (χ2n) is 5.17. The van der Waals surface area contributed by atoms with Crippen molar-refractivity contribution in [2.45, 2.75) is 32.7 Å². The molecule has 1 amide bonds. The molecule has 0 radical (unpaired) electrons. The summed E-state index contributed by atoms with van der Waals surface area (Å²) >= 11 is 0. The fraction of sp³-hybridized carbons (Fsp3) is 0.467. The van der Waals surface area contributed by atoms with Crippen LogP contribution in [0.3, 0.4) is 0 Å². The van der Waals surface area contributed by atoms with Crippen LogP contribution in [0.2, 0.25) is 0 Å². The fourth-order valence-electron chi connectivity index (χ4n) is 2.56. The second kappa shape index (κ2) is 4.93. The molecule has 1 aromatic rings. The van der Waals surface area contributed by atoms with Gasteiger partial charge in [0.1, 0.15) is 5.75 Å². The first-order chi connectivity index (χ1) is 9.02. The van der Waals surface area contributed by atoms with Gasteiger partial charge in [-0.15, -0.1) is 0 Å². The van der Waals surface area contributed by atoms with Crippen LogP contribution in [-0.2, 0) is 4.79 Å². The molecule has 0 saturated carbocycles. The number of ether oxygens (including phenoxy) is 1. The van der Waals surface area contributed by atoms with Crippen LogP contribution in [0.5, 0.6) is 5.75 Å². The topological polar surface area (TPSA) is 53.3 Å². The molecule has 1 heterocycles. The Morgan fingerprint density at radius 3 is 2.74 bits per heavy atom. The van der Waals surface area contributed by atoms with Gasteiger partial charge in [-0.25, -0.2) is 0 Å². The predicted octanol–water partition coefficient (Wildman–Crippen LogP) is 2.74. The molecule has 1 fully saturated rings. The predicted molar refractivity (Wildman–Crippen MR) is 72.9 cm³/mol. The van der Waals surface area contributed by atoms with Crippen molar-refractivity contribution in [1.82, 2.24) is 0 Å². The number of hydrogen-bond acceptors (Lipinski definition) is 3. The van der Waals surface area contributed by atoms with Gasteiger partial charge in [0.05, 0.1) is 29.8 Å². The molecule has 1 aliphatic heterocycles. The van der Waals surface area contributed by atoms with Crippen molar-refractivity contribution in [3.63, 3.8) is 0 Å². The van der Waals surface area contributed by atoms with Gasteiger partial charge >= 0.3 is 0 Å². The highest BCUT2D eigenvalue weighted by Gasteiger charge is 2.48. The Balaban J connectivity index is 2.47. The highest BCUT2D eigenvalue weighted by molar-refractivity contribution is 5.99. The minimum atomic E-state index is -0.515. The first-order valence-electron chi connectivity index (χ1n) is 6.46. The van der Waals surface area contributed by atoms with E-state index in [0.717, 1.165) is 5.69 Å². The van der Waals surface area contributed by atoms with E-state index in [1.807, 2.05) is 45.0 Å². The molecule has 1 unspecified atom stereocenters. The minimum Gasteiger partial charge on any atom is -0.492 e. The van der Waals surface area contributed by atoms with E-state index in [1.165, 1.54) is 0 Å². The highest BCUT2D eigenvalue weighted by atomic mass is 16.5. The lowest BCUT2D eigenvalue weighted by Gasteiger charge is -2.34. The van der Waals surface area contributed by atoms with Crippen LogP contribution in [0.4, 0.5) is 5.69 Å². The van der Waals surface area contributed by atoms with Gasteiger partial charge < -0.3 is 9.64 Å². The zero-order chi connectivity index (χ0) is 14.0. The SMILES string of the molecule is CCOc1ccccc1N1C(=O)CC(C#N)C1(C)C. The van der Waals surface area contributed by atoms with Crippen molar-refractivity contribution in [2.75, 3.05) is 11.5 Å². The number of nitriles is 1. The largest absolute Gasteiger partial charge is 0.492 e. The third-order valence-corrected chi connectivity index (χ3v) is 3.62. The maximum atomic E-state index is 12.2. The van der Waals surface area contributed by atoms with Crippen molar-refractivity contribution in [3.05, 3.63) is 24.3 Å². The van der Waals surface area contributed by atoms with Crippen molar-refractivity contribution < 1.29 is 9.53 Å². The Morgan fingerprint density at radius 1 is 1.47 bits per heavy atom. The van der Waals surface area contributed by atoms with Crippen LogP contribution in [0.1, 0.15) is 27.2 Å². The summed E-state index contributed by atoms with van der Waals surface area (Å²) in [5.41, 5.74) is 0.232. The van der Waals surface area contributed by atoms with Crippen LogP contribution in [0.25, 0.3) is 0 Å². The molecule has 1 aromatic carbocycles. The Bertz CT molecular complexity index is 531. The van der Waals surface area contributed by atoms with E-state index < -0.39 is 5.54 Å². The first kappa shape index (κ1) is 13.4. The highest BCUT2D eigenvalue weighted by Crippen LogP contribution is 2.42. The second-order valence-corrected chi connectivity index (χ2v) is 5.17. The molecule has 100 valence electrons. The standard InChI is InChI=1S/C15H18N2O2/c1-4-19-13-8-6-5-7-12(13)17-14(18)9-11(10-16)15(17,2)3/h5-8,11H,4,9H2,1-3H3. The van der Waals surface area contributed by atoms with Crippen LogP contribution in [0, 0.1) is 17.2 Å². The first-order valence-corrected chi connectivity index (χ1v) is 6.46. The molecule has 0 aromatic heterocycles. The number of carbonyl (C=O) groups excluding carboxylic acids is 1. The monoisotopic (exact) mass is 258 g/mol. The number of rotatable bonds is 3. The van der Waals surface area contributed by atoms with E-state index in [9.17, 15) is 10.1 Å². The average molecular weight is 258 g/mol. The van der Waals surface area contributed by atoms with Gasteiger partial charge in [0.25, 0.3) is 0 Å². The summed E-state index contributed by atoms with van der Waals surface area (Å²) < 4.78 is 5.58. The Labute approximate surface area is 113 Å². The minimum absolute atomic E-state index is 0.0243. The zero-order valence-corrected chi connectivity index (χ0v) is 11.5. The van der Waals surface area contributed by atoms with Gasteiger partial charge in [0.15, 0.2) is 0 Å². The zero-order valence-electron chi connectivity index (χ0n) is 11.5. The number of benzene rings is 1. The van der Waals surface area contributed by atoms with Crippen LogP contribution < -0.4 is 9.64 Å². The normalized spacial score (nSPS) is 21.3. The van der Waals surface area contributed by atoms with E-state index >= 15 is 0 Å². The molecule has 1 atom stereocenters. The van der Waals surface area contributed by atoms with Gasteiger partial charge in [0.2, 0.25) is 5.91 Å². The molecule has 19 heavy (non-hydrogen) atoms. The molecule has 4 heteroatoms. The van der Waals surface area contributed by atoms with Crippen molar-refractivity contribution in [3.8, 4) is 11.8 Å². The van der Waals surface area contributed by atoms with Gasteiger partial charge in [-0.1, -0.05) is 12.1 Å². The number of anilines is 1. The quantitative estimate of drug-likeness (QED) is 0.837. The smallest absolute Gasteiger partial charge is 0.229 e. The molecule has 0 N–H and O–H groups in total. The molecule has 1 aliphatic rings. The molecule has 0 bridgehead atoms.